The minimum Gasteiger partial charge on any atom is -0.462 e. The number of rotatable bonds is 5. The highest BCUT2D eigenvalue weighted by atomic mass is 35.5. The molecule has 1 aromatic carbocycles. The van der Waals surface area contributed by atoms with Crippen LogP contribution in [0.15, 0.2) is 30.5 Å². The molecule has 1 aliphatic rings. The predicted octanol–water partition coefficient (Wildman–Crippen LogP) is 3.97. The van der Waals surface area contributed by atoms with Gasteiger partial charge in [0.25, 0.3) is 0 Å². The van der Waals surface area contributed by atoms with Crippen molar-refractivity contribution in [3.05, 3.63) is 41.3 Å². The standard InChI is InChI=1S/C18H21ClN4O2/c1-2-25-17(24)13-9-5-6-10-15(13)23(12-7-3-4-8-12)16-14(20)11-21-18(19)22-16/h5-6,9-12H,2-4,7-8,20H2,1H3. The molecule has 1 heterocycles. The number of para-hydroxylation sites is 1. The van der Waals surface area contributed by atoms with Gasteiger partial charge in [-0.15, -0.1) is 0 Å². The Balaban J connectivity index is 2.13. The average molecular weight is 361 g/mol. The number of hydrogen-bond acceptors (Lipinski definition) is 6. The van der Waals surface area contributed by atoms with Gasteiger partial charge < -0.3 is 15.4 Å². The highest BCUT2D eigenvalue weighted by Crippen LogP contribution is 2.38. The van der Waals surface area contributed by atoms with Gasteiger partial charge in [-0.3, -0.25) is 0 Å². The number of aromatic nitrogens is 2. The number of esters is 1. The number of halogens is 1. The molecule has 0 bridgehead atoms. The smallest absolute Gasteiger partial charge is 0.340 e. The summed E-state index contributed by atoms with van der Waals surface area (Å²) in [6.45, 7) is 2.11. The molecule has 0 unspecified atom stereocenters. The topological polar surface area (TPSA) is 81.3 Å². The molecule has 2 aromatic rings. The Morgan fingerprint density at radius 1 is 1.36 bits per heavy atom. The maximum Gasteiger partial charge on any atom is 0.340 e. The maximum absolute atomic E-state index is 12.4. The van der Waals surface area contributed by atoms with E-state index in [0.29, 0.717) is 23.7 Å². The van der Waals surface area contributed by atoms with E-state index >= 15 is 0 Å². The zero-order valence-corrected chi connectivity index (χ0v) is 14.9. The van der Waals surface area contributed by atoms with Crippen LogP contribution in [0.5, 0.6) is 0 Å². The second kappa shape index (κ2) is 7.70. The lowest BCUT2D eigenvalue weighted by Gasteiger charge is -2.32. The minimum absolute atomic E-state index is 0.126. The van der Waals surface area contributed by atoms with E-state index in [0.717, 1.165) is 31.4 Å². The number of hydrogen-bond donors (Lipinski definition) is 1. The first kappa shape index (κ1) is 17.5. The number of anilines is 3. The molecule has 1 saturated carbocycles. The molecule has 25 heavy (non-hydrogen) atoms. The van der Waals surface area contributed by atoms with Crippen molar-refractivity contribution in [1.29, 1.82) is 0 Å². The molecule has 0 radical (unpaired) electrons. The molecule has 3 rings (SSSR count). The van der Waals surface area contributed by atoms with Crippen molar-refractivity contribution in [2.75, 3.05) is 17.2 Å². The van der Waals surface area contributed by atoms with E-state index in [9.17, 15) is 4.79 Å². The van der Waals surface area contributed by atoms with Crippen molar-refractivity contribution in [1.82, 2.24) is 9.97 Å². The zero-order valence-electron chi connectivity index (χ0n) is 14.1. The average Bonchev–Trinajstić information content (AvgIpc) is 3.13. The fraction of sp³-hybridized carbons (Fsp3) is 0.389. The number of ether oxygens (including phenoxy) is 1. The highest BCUT2D eigenvalue weighted by molar-refractivity contribution is 6.28. The van der Waals surface area contributed by atoms with Gasteiger partial charge in [-0.05, 0) is 43.5 Å². The quantitative estimate of drug-likeness (QED) is 0.641. The van der Waals surface area contributed by atoms with Crippen LogP contribution in [0.3, 0.4) is 0 Å². The number of carbonyl (C=O) groups excluding carboxylic acids is 1. The lowest BCUT2D eigenvalue weighted by Crippen LogP contribution is -2.31. The van der Waals surface area contributed by atoms with E-state index in [2.05, 4.69) is 9.97 Å². The molecular weight excluding hydrogens is 340 g/mol. The Morgan fingerprint density at radius 3 is 2.80 bits per heavy atom. The second-order valence-corrected chi connectivity index (χ2v) is 6.30. The summed E-state index contributed by atoms with van der Waals surface area (Å²) in [6, 6.07) is 7.55. The largest absolute Gasteiger partial charge is 0.462 e. The van der Waals surface area contributed by atoms with Gasteiger partial charge in [-0.1, -0.05) is 25.0 Å². The predicted molar refractivity (Wildman–Crippen MR) is 98.2 cm³/mol. The minimum atomic E-state index is -0.361. The number of benzene rings is 1. The zero-order chi connectivity index (χ0) is 17.8. The summed E-state index contributed by atoms with van der Waals surface area (Å²) >= 11 is 6.01. The molecule has 2 N–H and O–H groups in total. The van der Waals surface area contributed by atoms with E-state index in [4.69, 9.17) is 22.1 Å². The van der Waals surface area contributed by atoms with Crippen LogP contribution >= 0.6 is 11.6 Å². The summed E-state index contributed by atoms with van der Waals surface area (Å²) in [5, 5.41) is 0.126. The third kappa shape index (κ3) is 3.69. The number of nitrogens with two attached hydrogens (primary N) is 1. The molecular formula is C18H21ClN4O2. The van der Waals surface area contributed by atoms with Crippen molar-refractivity contribution in [3.63, 3.8) is 0 Å². The summed E-state index contributed by atoms with van der Waals surface area (Å²) in [7, 11) is 0. The molecule has 7 heteroatoms. The van der Waals surface area contributed by atoms with E-state index in [1.807, 2.05) is 23.1 Å². The van der Waals surface area contributed by atoms with Gasteiger partial charge in [0.15, 0.2) is 5.82 Å². The van der Waals surface area contributed by atoms with Crippen LogP contribution in [-0.4, -0.2) is 28.6 Å². The van der Waals surface area contributed by atoms with Crippen molar-refractivity contribution >= 4 is 34.8 Å². The molecule has 1 fully saturated rings. The Labute approximate surface area is 152 Å². The first-order valence-electron chi connectivity index (χ1n) is 8.45. The van der Waals surface area contributed by atoms with Gasteiger partial charge >= 0.3 is 5.97 Å². The first-order valence-corrected chi connectivity index (χ1v) is 8.83. The Bertz CT molecular complexity index is 762. The van der Waals surface area contributed by atoms with Gasteiger partial charge in [0.2, 0.25) is 5.28 Å². The van der Waals surface area contributed by atoms with Crippen LogP contribution in [0.25, 0.3) is 0 Å². The van der Waals surface area contributed by atoms with Crippen LogP contribution < -0.4 is 10.6 Å². The van der Waals surface area contributed by atoms with Gasteiger partial charge in [0.1, 0.15) is 0 Å². The molecule has 0 amide bonds. The van der Waals surface area contributed by atoms with E-state index in [1.54, 1.807) is 13.0 Å². The summed E-state index contributed by atoms with van der Waals surface area (Å²) in [5.41, 5.74) is 7.79. The lowest BCUT2D eigenvalue weighted by atomic mass is 10.1. The normalized spacial score (nSPS) is 14.5. The molecule has 0 atom stereocenters. The molecule has 1 aromatic heterocycles. The van der Waals surface area contributed by atoms with E-state index < -0.39 is 0 Å². The van der Waals surface area contributed by atoms with E-state index in [1.165, 1.54) is 6.20 Å². The third-order valence-corrected chi connectivity index (χ3v) is 4.53. The second-order valence-electron chi connectivity index (χ2n) is 5.96. The summed E-state index contributed by atoms with van der Waals surface area (Å²) in [6.07, 6.45) is 5.75. The lowest BCUT2D eigenvalue weighted by molar-refractivity contribution is 0.0527. The Morgan fingerprint density at radius 2 is 2.08 bits per heavy atom. The summed E-state index contributed by atoms with van der Waals surface area (Å²) in [4.78, 5) is 22.7. The molecule has 0 aliphatic heterocycles. The van der Waals surface area contributed by atoms with Gasteiger partial charge in [0, 0.05) is 6.04 Å². The Hall–Kier alpha value is -2.34. The highest BCUT2D eigenvalue weighted by Gasteiger charge is 2.30. The monoisotopic (exact) mass is 360 g/mol. The van der Waals surface area contributed by atoms with Crippen LogP contribution in [0.2, 0.25) is 5.28 Å². The van der Waals surface area contributed by atoms with Crippen molar-refractivity contribution in [2.45, 2.75) is 38.6 Å². The SMILES string of the molecule is CCOC(=O)c1ccccc1N(c1nc(Cl)ncc1N)C1CCCC1. The maximum atomic E-state index is 12.4. The van der Waals surface area contributed by atoms with Crippen molar-refractivity contribution in [2.24, 2.45) is 0 Å². The number of carbonyl (C=O) groups is 1. The van der Waals surface area contributed by atoms with Gasteiger partial charge in [0.05, 0.1) is 29.7 Å². The summed E-state index contributed by atoms with van der Waals surface area (Å²) in [5.74, 6) is 0.170. The van der Waals surface area contributed by atoms with Gasteiger partial charge in [-0.2, -0.15) is 4.98 Å². The molecule has 0 spiro atoms. The van der Waals surface area contributed by atoms with Crippen molar-refractivity contribution in [3.8, 4) is 0 Å². The molecule has 132 valence electrons. The van der Waals surface area contributed by atoms with Crippen LogP contribution in [0, 0.1) is 0 Å². The fourth-order valence-corrected chi connectivity index (χ4v) is 3.39. The van der Waals surface area contributed by atoms with Gasteiger partial charge in [-0.25, -0.2) is 9.78 Å². The third-order valence-electron chi connectivity index (χ3n) is 4.34. The number of nitrogens with zero attached hydrogens (tertiary/aromatic N) is 3. The Kier molecular flexibility index (Phi) is 5.38. The first-order chi connectivity index (χ1) is 12.1. The van der Waals surface area contributed by atoms with Crippen LogP contribution in [0.1, 0.15) is 43.0 Å². The fourth-order valence-electron chi connectivity index (χ4n) is 3.27. The molecule has 0 saturated heterocycles. The summed E-state index contributed by atoms with van der Waals surface area (Å²) < 4.78 is 5.22. The van der Waals surface area contributed by atoms with Crippen LogP contribution in [0.4, 0.5) is 17.2 Å². The number of nitrogen functional groups attached to an aromatic ring is 1. The van der Waals surface area contributed by atoms with E-state index in [-0.39, 0.29) is 17.3 Å². The van der Waals surface area contributed by atoms with Crippen molar-refractivity contribution < 1.29 is 9.53 Å². The molecule has 1 aliphatic carbocycles. The van der Waals surface area contributed by atoms with Crippen LogP contribution in [-0.2, 0) is 4.74 Å². The molecule has 6 nitrogen and oxygen atoms in total.